The van der Waals surface area contributed by atoms with Crippen molar-refractivity contribution in [1.82, 2.24) is 4.98 Å². The second kappa shape index (κ2) is 8.08. The summed E-state index contributed by atoms with van der Waals surface area (Å²) in [5, 5.41) is 2.87. The van der Waals surface area contributed by atoms with Gasteiger partial charge in [0.05, 0.1) is 26.1 Å². The second-order valence-electron chi connectivity index (χ2n) is 6.59. The Morgan fingerprint density at radius 1 is 1.19 bits per heavy atom. The van der Waals surface area contributed by atoms with Crippen LogP contribution in [0.15, 0.2) is 36.5 Å². The lowest BCUT2D eigenvalue weighted by Crippen LogP contribution is -2.34. The molecule has 1 fully saturated rings. The Hall–Kier alpha value is -2.76. The molecule has 0 radical (unpaired) electrons. The normalized spacial score (nSPS) is 16.9. The summed E-state index contributed by atoms with van der Waals surface area (Å²) < 4.78 is 10.6. The number of hydrogen-bond donors (Lipinski definition) is 1. The molecular weight excluding hydrogens is 330 g/mol. The largest absolute Gasteiger partial charge is 0.496 e. The van der Waals surface area contributed by atoms with Crippen LogP contribution in [-0.4, -0.2) is 38.2 Å². The highest BCUT2D eigenvalue weighted by Crippen LogP contribution is 2.29. The van der Waals surface area contributed by atoms with E-state index < -0.39 is 0 Å². The molecule has 2 heterocycles. The Labute approximate surface area is 154 Å². The summed E-state index contributed by atoms with van der Waals surface area (Å²) in [5.41, 5.74) is 1.00. The maximum Gasteiger partial charge on any atom is 0.263 e. The number of nitrogens with one attached hydrogen (secondary N) is 1. The molecule has 1 aromatic carbocycles. The molecule has 1 N–H and O–H groups in total. The monoisotopic (exact) mass is 355 g/mol. The van der Waals surface area contributed by atoms with Crippen LogP contribution in [0.5, 0.6) is 11.5 Å². The Morgan fingerprint density at radius 2 is 1.92 bits per heavy atom. The van der Waals surface area contributed by atoms with Crippen molar-refractivity contribution in [3.63, 3.8) is 0 Å². The third-order valence-electron chi connectivity index (χ3n) is 4.64. The smallest absolute Gasteiger partial charge is 0.263 e. The molecule has 0 spiro atoms. The van der Waals surface area contributed by atoms with Gasteiger partial charge in [-0.25, -0.2) is 4.98 Å². The maximum atomic E-state index is 12.7. The third-order valence-corrected chi connectivity index (χ3v) is 4.64. The molecule has 1 unspecified atom stereocenters. The first-order chi connectivity index (χ1) is 12.6. The minimum Gasteiger partial charge on any atom is -0.496 e. The Balaban J connectivity index is 1.74. The predicted octanol–water partition coefficient (Wildman–Crippen LogP) is 3.59. The summed E-state index contributed by atoms with van der Waals surface area (Å²) in [6.07, 6.45) is 4.15. The van der Waals surface area contributed by atoms with Gasteiger partial charge in [-0.15, -0.1) is 0 Å². The highest BCUT2D eigenvalue weighted by atomic mass is 16.5. The van der Waals surface area contributed by atoms with Crippen molar-refractivity contribution in [3.05, 3.63) is 42.1 Å². The fraction of sp³-hybridized carbons (Fsp3) is 0.400. The van der Waals surface area contributed by atoms with Crippen molar-refractivity contribution in [2.75, 3.05) is 37.5 Å². The number of methoxy groups -OCH3 is 2. The van der Waals surface area contributed by atoms with Gasteiger partial charge in [0.1, 0.15) is 22.9 Å². The van der Waals surface area contributed by atoms with E-state index in [-0.39, 0.29) is 5.91 Å². The van der Waals surface area contributed by atoms with Crippen molar-refractivity contribution in [2.45, 2.75) is 19.8 Å². The van der Waals surface area contributed by atoms with E-state index in [0.717, 1.165) is 18.9 Å². The average molecular weight is 355 g/mol. The lowest BCUT2D eigenvalue weighted by atomic mass is 10.0. The predicted molar refractivity (Wildman–Crippen MR) is 102 cm³/mol. The molecule has 6 nitrogen and oxygen atoms in total. The van der Waals surface area contributed by atoms with Crippen LogP contribution in [0.4, 0.5) is 11.5 Å². The number of carbonyl (C=O) groups excluding carboxylic acids is 1. The molecule has 1 atom stereocenters. The van der Waals surface area contributed by atoms with E-state index in [2.05, 4.69) is 22.1 Å². The van der Waals surface area contributed by atoms with E-state index in [9.17, 15) is 4.79 Å². The summed E-state index contributed by atoms with van der Waals surface area (Å²) in [5.74, 6) is 2.27. The van der Waals surface area contributed by atoms with Crippen LogP contribution in [0, 0.1) is 5.92 Å². The number of carbonyl (C=O) groups is 1. The van der Waals surface area contributed by atoms with Gasteiger partial charge < -0.3 is 19.7 Å². The molecule has 26 heavy (non-hydrogen) atoms. The van der Waals surface area contributed by atoms with Gasteiger partial charge in [0, 0.05) is 13.1 Å². The van der Waals surface area contributed by atoms with Gasteiger partial charge in [-0.3, -0.25) is 4.79 Å². The van der Waals surface area contributed by atoms with E-state index in [0.29, 0.717) is 28.7 Å². The number of benzene rings is 1. The lowest BCUT2D eigenvalue weighted by Gasteiger charge is -2.31. The molecule has 6 heteroatoms. The van der Waals surface area contributed by atoms with Crippen LogP contribution in [-0.2, 0) is 0 Å². The molecule has 3 rings (SSSR count). The summed E-state index contributed by atoms with van der Waals surface area (Å²) in [7, 11) is 3.06. The fourth-order valence-electron chi connectivity index (χ4n) is 3.31. The van der Waals surface area contributed by atoms with Crippen molar-refractivity contribution < 1.29 is 14.3 Å². The van der Waals surface area contributed by atoms with Crippen molar-refractivity contribution in [1.29, 1.82) is 0 Å². The van der Waals surface area contributed by atoms with E-state index in [1.54, 1.807) is 24.4 Å². The molecule has 1 aromatic heterocycles. The molecule has 1 aliphatic heterocycles. The zero-order valence-corrected chi connectivity index (χ0v) is 15.5. The minimum absolute atomic E-state index is 0.291. The first-order valence-electron chi connectivity index (χ1n) is 8.85. The summed E-state index contributed by atoms with van der Waals surface area (Å²) in [6.45, 7) is 4.32. The first-order valence-corrected chi connectivity index (χ1v) is 8.85. The number of rotatable bonds is 5. The first kappa shape index (κ1) is 18.0. The summed E-state index contributed by atoms with van der Waals surface area (Å²) in [6, 6.07) is 9.07. The Kier molecular flexibility index (Phi) is 5.61. The number of ether oxygens (including phenoxy) is 2. The zero-order chi connectivity index (χ0) is 18.5. The Bertz CT molecular complexity index is 739. The number of nitrogens with zero attached hydrogens (tertiary/aromatic N) is 2. The summed E-state index contributed by atoms with van der Waals surface area (Å²) in [4.78, 5) is 19.5. The average Bonchev–Trinajstić information content (AvgIpc) is 2.67. The van der Waals surface area contributed by atoms with Crippen molar-refractivity contribution in [3.8, 4) is 11.5 Å². The standard InChI is InChI=1S/C20H25N3O3/c1-14-6-5-11-23(13-14)18-10-9-15(12-21-18)22-20(24)19-16(25-2)7-4-8-17(19)26-3/h4,7-10,12,14H,5-6,11,13H2,1-3H3,(H,22,24). The lowest BCUT2D eigenvalue weighted by molar-refractivity contribution is 0.102. The van der Waals surface area contributed by atoms with E-state index in [1.807, 2.05) is 12.1 Å². The molecule has 1 aliphatic rings. The highest BCUT2D eigenvalue weighted by Gasteiger charge is 2.20. The van der Waals surface area contributed by atoms with Gasteiger partial charge in [-0.2, -0.15) is 0 Å². The van der Waals surface area contributed by atoms with Crippen LogP contribution >= 0.6 is 0 Å². The van der Waals surface area contributed by atoms with Crippen molar-refractivity contribution >= 4 is 17.4 Å². The minimum atomic E-state index is -0.291. The van der Waals surface area contributed by atoms with Gasteiger partial charge in [0.2, 0.25) is 0 Å². The highest BCUT2D eigenvalue weighted by molar-refractivity contribution is 6.08. The molecular formula is C20H25N3O3. The molecule has 138 valence electrons. The van der Waals surface area contributed by atoms with Crippen LogP contribution in [0.1, 0.15) is 30.1 Å². The Morgan fingerprint density at radius 3 is 2.50 bits per heavy atom. The van der Waals surface area contributed by atoms with Gasteiger partial charge in [-0.1, -0.05) is 13.0 Å². The molecule has 2 aromatic rings. The molecule has 0 bridgehead atoms. The van der Waals surface area contributed by atoms with Crippen LogP contribution < -0.4 is 19.7 Å². The number of amides is 1. The number of anilines is 2. The van der Waals surface area contributed by atoms with Gasteiger partial charge in [0.15, 0.2) is 0 Å². The van der Waals surface area contributed by atoms with Crippen LogP contribution in [0.2, 0.25) is 0 Å². The summed E-state index contributed by atoms with van der Waals surface area (Å²) >= 11 is 0. The number of hydrogen-bond acceptors (Lipinski definition) is 5. The van der Waals surface area contributed by atoms with Crippen LogP contribution in [0.25, 0.3) is 0 Å². The third kappa shape index (κ3) is 3.90. The number of piperidine rings is 1. The van der Waals surface area contributed by atoms with E-state index in [4.69, 9.17) is 9.47 Å². The topological polar surface area (TPSA) is 63.7 Å². The molecule has 1 amide bonds. The van der Waals surface area contributed by atoms with E-state index >= 15 is 0 Å². The van der Waals surface area contributed by atoms with Crippen molar-refractivity contribution in [2.24, 2.45) is 5.92 Å². The fourth-order valence-corrected chi connectivity index (χ4v) is 3.31. The molecule has 0 saturated carbocycles. The molecule has 0 aliphatic carbocycles. The maximum absolute atomic E-state index is 12.7. The van der Waals surface area contributed by atoms with Gasteiger partial charge in [-0.05, 0) is 43.0 Å². The SMILES string of the molecule is COc1cccc(OC)c1C(=O)Nc1ccc(N2CCCC(C)C2)nc1. The number of pyridine rings is 1. The van der Waals surface area contributed by atoms with Gasteiger partial charge in [0.25, 0.3) is 5.91 Å². The van der Waals surface area contributed by atoms with E-state index in [1.165, 1.54) is 27.1 Å². The second-order valence-corrected chi connectivity index (χ2v) is 6.59. The zero-order valence-electron chi connectivity index (χ0n) is 15.5. The number of aromatic nitrogens is 1. The van der Waals surface area contributed by atoms with Gasteiger partial charge >= 0.3 is 0 Å². The quantitative estimate of drug-likeness (QED) is 0.888. The molecule has 1 saturated heterocycles. The van der Waals surface area contributed by atoms with Crippen LogP contribution in [0.3, 0.4) is 0 Å².